The van der Waals surface area contributed by atoms with E-state index in [9.17, 15) is 46.4 Å². The van der Waals surface area contributed by atoms with Gasteiger partial charge in [-0.15, -0.1) is 0 Å². The Hall–Kier alpha value is -4.90. The number of nitrogens with one attached hydrogen (secondary N) is 4. The molecule has 0 aliphatic rings. The fourth-order valence-electron chi connectivity index (χ4n) is 6.15. The zero-order valence-corrected chi connectivity index (χ0v) is 42.0. The number of aliphatic hydroxyl groups is 4. The molecule has 0 aliphatic carbocycles. The average Bonchev–Trinajstić information content (AvgIpc) is 3.20. The van der Waals surface area contributed by atoms with E-state index < -0.39 is 54.9 Å². The van der Waals surface area contributed by atoms with Crippen LogP contribution in [0.3, 0.4) is 0 Å². The number of para-hydroxylation sites is 2. The number of benzene rings is 4. The van der Waals surface area contributed by atoms with Gasteiger partial charge in [-0.05, 0) is 87.4 Å². The third-order valence-corrected chi connectivity index (χ3v) is 10.7. The molecule has 66 heavy (non-hydrogen) atoms. The molecular formula is C40H42N12Na2O10S2. The molecule has 0 bridgehead atoms. The van der Waals surface area contributed by atoms with Gasteiger partial charge in [0, 0.05) is 22.7 Å². The number of hydrogen-bond donors (Lipinski definition) is 8. The van der Waals surface area contributed by atoms with Gasteiger partial charge in [-0.25, -0.2) is 16.8 Å². The molecule has 0 spiro atoms. The maximum atomic E-state index is 12.6. The zero-order chi connectivity index (χ0) is 46.3. The van der Waals surface area contributed by atoms with Gasteiger partial charge in [0.05, 0.1) is 9.79 Å². The summed E-state index contributed by atoms with van der Waals surface area (Å²) in [6, 6.07) is 24.8. The first kappa shape index (κ1) is 53.7. The largest absolute Gasteiger partial charge is 1.00 e. The second-order valence-corrected chi connectivity index (χ2v) is 16.6. The van der Waals surface area contributed by atoms with Crippen LogP contribution in [0.5, 0.6) is 0 Å². The monoisotopic (exact) mass is 960 g/mol. The minimum atomic E-state index is -5.20. The Labute approximate surface area is 424 Å². The van der Waals surface area contributed by atoms with Crippen LogP contribution in [0.25, 0.3) is 12.2 Å². The summed E-state index contributed by atoms with van der Waals surface area (Å²) >= 11 is 0. The molecule has 0 fully saturated rings. The van der Waals surface area contributed by atoms with Crippen molar-refractivity contribution in [1.29, 1.82) is 0 Å². The van der Waals surface area contributed by atoms with Crippen molar-refractivity contribution in [2.45, 2.75) is 62.4 Å². The molecule has 0 saturated heterocycles. The van der Waals surface area contributed by atoms with Gasteiger partial charge in [0.1, 0.15) is 45.1 Å². The van der Waals surface area contributed by atoms with E-state index in [0.29, 0.717) is 11.4 Å². The van der Waals surface area contributed by atoms with Crippen LogP contribution in [-0.4, -0.2) is 101 Å². The third-order valence-electron chi connectivity index (χ3n) is 8.90. The molecule has 336 valence electrons. The van der Waals surface area contributed by atoms with Gasteiger partial charge in [-0.2, -0.15) is 29.9 Å². The number of aromatic nitrogens is 6. The summed E-state index contributed by atoms with van der Waals surface area (Å²) in [5, 5.41) is 53.1. The Balaban J connectivity index is 0.00000476. The fraction of sp³-hybridized carbons (Fsp3) is 0.200. The van der Waals surface area contributed by atoms with Gasteiger partial charge in [0.2, 0.25) is 35.7 Å². The molecule has 26 heteroatoms. The molecule has 0 saturated carbocycles. The van der Waals surface area contributed by atoms with Gasteiger partial charge in [-0.3, -0.25) is 9.80 Å². The summed E-state index contributed by atoms with van der Waals surface area (Å²) in [7, 11) is -10.4. The minimum Gasteiger partial charge on any atom is -0.744 e. The van der Waals surface area contributed by atoms with E-state index in [0.717, 1.165) is 34.1 Å². The summed E-state index contributed by atoms with van der Waals surface area (Å²) < 4.78 is 75.6. The van der Waals surface area contributed by atoms with E-state index in [1.165, 1.54) is 52.0 Å². The van der Waals surface area contributed by atoms with Crippen molar-refractivity contribution in [2.75, 3.05) is 31.1 Å². The molecule has 8 N–H and O–H groups in total. The third kappa shape index (κ3) is 14.3. The maximum absolute atomic E-state index is 12.6. The van der Waals surface area contributed by atoms with Crippen LogP contribution in [0.15, 0.2) is 107 Å². The molecule has 6 aromatic rings. The molecule has 0 aliphatic heterocycles. The van der Waals surface area contributed by atoms with Crippen LogP contribution in [0.1, 0.15) is 38.8 Å². The second kappa shape index (κ2) is 23.2. The molecule has 22 nitrogen and oxygen atoms in total. The van der Waals surface area contributed by atoms with E-state index >= 15 is 0 Å². The first-order chi connectivity index (χ1) is 30.2. The summed E-state index contributed by atoms with van der Waals surface area (Å²) in [4.78, 5) is 26.5. The van der Waals surface area contributed by atoms with E-state index in [1.54, 1.807) is 60.7 Å². The van der Waals surface area contributed by atoms with E-state index in [4.69, 9.17) is 0 Å². The predicted molar refractivity (Wildman–Crippen MR) is 235 cm³/mol. The van der Waals surface area contributed by atoms with Crippen molar-refractivity contribution < 1.29 is 105 Å². The van der Waals surface area contributed by atoms with Crippen LogP contribution in [-0.2, 0) is 20.2 Å². The predicted octanol–water partition coefficient (Wildman–Crippen LogP) is -2.02. The molecule has 2 heterocycles. The van der Waals surface area contributed by atoms with Crippen LogP contribution < -0.4 is 90.2 Å². The zero-order valence-electron chi connectivity index (χ0n) is 36.3. The Morgan fingerprint density at radius 2 is 0.758 bits per heavy atom. The summed E-state index contributed by atoms with van der Waals surface area (Å²) in [6.45, 7) is 5.53. The molecule has 2 aromatic heterocycles. The number of nitrogens with zero attached hydrogens (tertiary/aromatic N) is 8. The molecule has 4 unspecified atom stereocenters. The van der Waals surface area contributed by atoms with Crippen LogP contribution in [0, 0.1) is 0 Å². The Bertz CT molecular complexity index is 2640. The van der Waals surface area contributed by atoms with E-state index in [2.05, 4.69) is 51.2 Å². The van der Waals surface area contributed by atoms with Crippen LogP contribution >= 0.6 is 0 Å². The van der Waals surface area contributed by atoms with E-state index in [-0.39, 0.29) is 117 Å². The first-order valence-electron chi connectivity index (χ1n) is 19.1. The minimum absolute atomic E-state index is 0. The number of rotatable bonds is 18. The second-order valence-electron chi connectivity index (χ2n) is 13.9. The van der Waals surface area contributed by atoms with Gasteiger partial charge in [0.15, 0.2) is 0 Å². The smallest absolute Gasteiger partial charge is 0.744 e. The molecule has 4 atom stereocenters. The van der Waals surface area contributed by atoms with E-state index in [1.807, 2.05) is 0 Å². The molecular weight excluding hydrogens is 919 g/mol. The molecule has 0 amide bonds. The Morgan fingerprint density at radius 1 is 0.470 bits per heavy atom. The summed E-state index contributed by atoms with van der Waals surface area (Å²) in [6.07, 6.45) is -2.74. The van der Waals surface area contributed by atoms with Crippen molar-refractivity contribution in [3.8, 4) is 0 Å². The first-order valence-corrected chi connectivity index (χ1v) is 21.9. The molecule has 6 rings (SSSR count). The van der Waals surface area contributed by atoms with Crippen molar-refractivity contribution in [1.82, 2.24) is 29.9 Å². The van der Waals surface area contributed by atoms with Crippen LogP contribution in [0.4, 0.5) is 58.4 Å². The maximum Gasteiger partial charge on any atom is 1.00 e. The average molecular weight is 961 g/mol. The van der Waals surface area contributed by atoms with Crippen molar-refractivity contribution in [2.24, 2.45) is 0 Å². The number of hydrogen-bond acceptors (Lipinski definition) is 22. The normalized spacial score (nSPS) is 13.3. The van der Waals surface area contributed by atoms with Gasteiger partial charge < -0.3 is 50.8 Å². The molecule has 4 aromatic carbocycles. The summed E-state index contributed by atoms with van der Waals surface area (Å²) in [5.41, 5.74) is 0.852. The van der Waals surface area contributed by atoms with Gasteiger partial charge in [-0.1, -0.05) is 60.7 Å². The van der Waals surface area contributed by atoms with Crippen molar-refractivity contribution in [3.05, 3.63) is 108 Å². The Kier molecular flexibility index (Phi) is 18.9. The van der Waals surface area contributed by atoms with Crippen molar-refractivity contribution >= 4 is 90.8 Å². The number of anilines is 10. The summed E-state index contributed by atoms with van der Waals surface area (Å²) in [5.74, 6) is -0.713. The topological polar surface area (TPSA) is 327 Å². The molecule has 0 radical (unpaired) electrons. The van der Waals surface area contributed by atoms with Crippen LogP contribution in [0.2, 0.25) is 0 Å². The van der Waals surface area contributed by atoms with Gasteiger partial charge in [0.25, 0.3) is 0 Å². The number of aliphatic hydroxyl groups excluding tert-OH is 4. The van der Waals surface area contributed by atoms with Crippen molar-refractivity contribution in [3.63, 3.8) is 0 Å². The Morgan fingerprint density at radius 3 is 1.03 bits per heavy atom. The standard InChI is InChI=1S/C40H44N12O10S2.2Na/c1-23(53)51(24(2)54)39-47-35(41-29-11-7-5-8-12-29)45-37(49-39)43-31-19-17-27(33(21-31)63(57,58)59)15-16-28-18-20-32(22-34(28)64(60,61)62)44-38-46-36(42-30-13-9-6-10-14-30)48-40(50-38)52(25(3)55)26(4)56;;/h5-26,53-56H,1-4H3,(H,57,58,59)(H,60,61,62)(H2,41,43,45,47,49)(H2,42,44,46,48,50);;/q;2*+1/p-2. The quantitative estimate of drug-likeness (QED) is 0.0200. The fourth-order valence-corrected chi connectivity index (χ4v) is 7.54. The van der Waals surface area contributed by atoms with Gasteiger partial charge >= 0.3 is 59.1 Å². The SMILES string of the molecule is CC(O)N(c1nc(Nc2ccccc2)nc(Nc2ccc(C=Cc3ccc(Nc4nc(Nc5ccccc5)nc(N(C(C)O)C(C)O)n4)cc3S(=O)(=O)[O-])c(S(=O)(=O)[O-])c2)n1)C(C)O.[Na+].[Na+].